The molecule has 0 saturated carbocycles. The lowest BCUT2D eigenvalue weighted by molar-refractivity contribution is -0.384. The van der Waals surface area contributed by atoms with Crippen molar-refractivity contribution < 1.29 is 14.5 Å². The molecule has 0 unspecified atom stereocenters. The van der Waals surface area contributed by atoms with E-state index in [2.05, 4.69) is 10.4 Å². The molecule has 3 aromatic rings. The van der Waals surface area contributed by atoms with Crippen molar-refractivity contribution in [3.8, 4) is 11.4 Å². The number of benzene rings is 2. The van der Waals surface area contributed by atoms with Crippen LogP contribution in [0.5, 0.6) is 5.75 Å². The van der Waals surface area contributed by atoms with Crippen LogP contribution in [0.2, 0.25) is 0 Å². The molecular weight excluding hydrogens is 404 g/mol. The van der Waals surface area contributed by atoms with Gasteiger partial charge in [0.15, 0.2) is 0 Å². The zero-order chi connectivity index (χ0) is 21.1. The van der Waals surface area contributed by atoms with Crippen LogP contribution in [0.25, 0.3) is 5.69 Å². The fourth-order valence-electron chi connectivity index (χ4n) is 3.28. The summed E-state index contributed by atoms with van der Waals surface area (Å²) in [4.78, 5) is 23.2. The van der Waals surface area contributed by atoms with E-state index in [0.717, 1.165) is 34.1 Å². The number of nitrogens with one attached hydrogen (secondary N) is 1. The van der Waals surface area contributed by atoms with E-state index in [0.29, 0.717) is 18.1 Å². The average Bonchev–Trinajstić information content (AvgIpc) is 3.32. The van der Waals surface area contributed by atoms with Gasteiger partial charge in [-0.2, -0.15) is 16.9 Å². The van der Waals surface area contributed by atoms with E-state index in [4.69, 9.17) is 4.74 Å². The Balaban J connectivity index is 1.56. The summed E-state index contributed by atoms with van der Waals surface area (Å²) in [5.41, 5.74) is 3.47. The fourth-order valence-corrected chi connectivity index (χ4v) is 4.31. The largest absolute Gasteiger partial charge is 0.494 e. The first-order valence-corrected chi connectivity index (χ1v) is 10.7. The predicted molar refractivity (Wildman–Crippen MR) is 115 cm³/mol. The smallest absolute Gasteiger partial charge is 0.269 e. The number of amides is 1. The van der Waals surface area contributed by atoms with Gasteiger partial charge in [0, 0.05) is 29.2 Å². The lowest BCUT2D eigenvalue weighted by Crippen LogP contribution is -2.18. The maximum atomic E-state index is 12.7. The van der Waals surface area contributed by atoms with Crippen LogP contribution in [0.1, 0.15) is 23.7 Å². The molecule has 1 aromatic heterocycles. The van der Waals surface area contributed by atoms with E-state index >= 15 is 0 Å². The summed E-state index contributed by atoms with van der Waals surface area (Å²) in [6, 6.07) is 13.6. The lowest BCUT2D eigenvalue weighted by atomic mass is 10.1. The highest BCUT2D eigenvalue weighted by molar-refractivity contribution is 7.98. The Hall–Kier alpha value is -3.33. The average molecular weight is 424 g/mol. The topological polar surface area (TPSA) is 99.3 Å². The van der Waals surface area contributed by atoms with Crippen molar-refractivity contribution in [3.63, 3.8) is 0 Å². The molecular formula is C21H20N4O4S. The number of carbonyl (C=O) groups is 1. The number of nitro groups is 1. The fraction of sp³-hybridized carbons (Fsp3) is 0.238. The predicted octanol–water partition coefficient (Wildman–Crippen LogP) is 4.11. The van der Waals surface area contributed by atoms with Crippen molar-refractivity contribution in [2.24, 2.45) is 0 Å². The van der Waals surface area contributed by atoms with E-state index in [-0.39, 0.29) is 18.0 Å². The van der Waals surface area contributed by atoms with E-state index < -0.39 is 4.92 Å². The van der Waals surface area contributed by atoms with Crippen molar-refractivity contribution in [1.82, 2.24) is 9.78 Å². The molecule has 1 aliphatic heterocycles. The van der Waals surface area contributed by atoms with E-state index in [1.165, 1.54) is 12.1 Å². The molecule has 0 bridgehead atoms. The highest BCUT2D eigenvalue weighted by Gasteiger charge is 2.25. The molecule has 4 rings (SSSR count). The Labute approximate surface area is 177 Å². The quantitative estimate of drug-likeness (QED) is 0.453. The molecule has 1 amide bonds. The number of ether oxygens (including phenoxy) is 1. The number of nitro benzene ring substituents is 1. The minimum absolute atomic E-state index is 0.00934. The van der Waals surface area contributed by atoms with Crippen LogP contribution in [0.3, 0.4) is 0 Å². The van der Waals surface area contributed by atoms with Gasteiger partial charge in [-0.15, -0.1) is 0 Å². The number of hydrogen-bond acceptors (Lipinski definition) is 6. The number of nitrogens with zero attached hydrogens (tertiary/aromatic N) is 3. The molecule has 30 heavy (non-hydrogen) atoms. The van der Waals surface area contributed by atoms with Crippen molar-refractivity contribution in [2.75, 3.05) is 11.9 Å². The number of hydrogen-bond donors (Lipinski definition) is 1. The zero-order valence-electron chi connectivity index (χ0n) is 16.3. The Morgan fingerprint density at radius 3 is 2.60 bits per heavy atom. The molecule has 154 valence electrons. The second-order valence-electron chi connectivity index (χ2n) is 6.75. The number of thioether (sulfide) groups is 1. The number of anilines is 1. The third kappa shape index (κ3) is 4.16. The summed E-state index contributed by atoms with van der Waals surface area (Å²) in [5.74, 6) is 2.78. The van der Waals surface area contributed by atoms with Gasteiger partial charge in [-0.05, 0) is 36.8 Å². The van der Waals surface area contributed by atoms with Gasteiger partial charge in [-0.1, -0.05) is 12.1 Å². The normalized spacial score (nSPS) is 12.4. The third-order valence-corrected chi connectivity index (χ3v) is 5.68. The van der Waals surface area contributed by atoms with Crippen LogP contribution in [-0.2, 0) is 22.7 Å². The maximum Gasteiger partial charge on any atom is 0.269 e. The van der Waals surface area contributed by atoms with Gasteiger partial charge in [-0.25, -0.2) is 4.68 Å². The Bertz CT molecular complexity index is 1080. The molecule has 0 atom stereocenters. The molecule has 0 aliphatic carbocycles. The maximum absolute atomic E-state index is 12.7. The monoisotopic (exact) mass is 424 g/mol. The molecule has 2 heterocycles. The number of rotatable bonds is 7. The molecule has 8 nitrogen and oxygen atoms in total. The van der Waals surface area contributed by atoms with Crippen molar-refractivity contribution in [1.29, 1.82) is 0 Å². The van der Waals surface area contributed by atoms with Crippen LogP contribution in [-0.4, -0.2) is 27.2 Å². The van der Waals surface area contributed by atoms with Crippen molar-refractivity contribution >= 4 is 29.2 Å². The first-order chi connectivity index (χ1) is 14.5. The highest BCUT2D eigenvalue weighted by atomic mass is 32.2. The minimum atomic E-state index is -0.441. The van der Waals surface area contributed by atoms with Gasteiger partial charge in [-0.3, -0.25) is 14.9 Å². The van der Waals surface area contributed by atoms with Crippen LogP contribution in [0, 0.1) is 10.1 Å². The summed E-state index contributed by atoms with van der Waals surface area (Å²) in [6.07, 6.45) is 0.222. The molecule has 9 heteroatoms. The summed E-state index contributed by atoms with van der Waals surface area (Å²) in [6.45, 7) is 2.52. The highest BCUT2D eigenvalue weighted by Crippen LogP contribution is 2.36. The lowest BCUT2D eigenvalue weighted by Gasteiger charge is -2.11. The zero-order valence-corrected chi connectivity index (χ0v) is 17.1. The molecule has 2 aromatic carbocycles. The van der Waals surface area contributed by atoms with Gasteiger partial charge in [0.05, 0.1) is 29.3 Å². The van der Waals surface area contributed by atoms with Gasteiger partial charge in [0.2, 0.25) is 5.91 Å². The number of aromatic nitrogens is 2. The van der Waals surface area contributed by atoms with E-state index in [1.54, 1.807) is 28.6 Å². The second-order valence-corrected chi connectivity index (χ2v) is 7.74. The van der Waals surface area contributed by atoms with Gasteiger partial charge < -0.3 is 10.1 Å². The molecule has 0 saturated heterocycles. The SMILES string of the molecule is CCOc1ccc(CC(=O)Nc2c3c(nn2-c2ccc([N+](=O)[O-])cc2)CSC3)cc1. The Kier molecular flexibility index (Phi) is 5.71. The first kappa shape index (κ1) is 20.0. The summed E-state index contributed by atoms with van der Waals surface area (Å²) in [5, 5.41) is 18.5. The molecule has 1 aliphatic rings. The van der Waals surface area contributed by atoms with Gasteiger partial charge in [0.1, 0.15) is 11.6 Å². The van der Waals surface area contributed by atoms with Crippen LogP contribution in [0.4, 0.5) is 11.5 Å². The van der Waals surface area contributed by atoms with Crippen molar-refractivity contribution in [2.45, 2.75) is 24.9 Å². The Morgan fingerprint density at radius 2 is 1.93 bits per heavy atom. The molecule has 0 radical (unpaired) electrons. The summed E-state index contributed by atoms with van der Waals surface area (Å²) < 4.78 is 7.09. The number of non-ortho nitro benzene ring substituents is 1. The first-order valence-electron chi connectivity index (χ1n) is 9.50. The standard InChI is InChI=1S/C21H20N4O4S/c1-2-29-17-9-3-14(4-10-17)11-20(26)22-21-18-12-30-13-19(18)23-24(21)15-5-7-16(8-6-15)25(27)28/h3-10H,2,11-13H2,1H3,(H,22,26). The summed E-state index contributed by atoms with van der Waals surface area (Å²) >= 11 is 1.74. The molecule has 0 fully saturated rings. The van der Waals surface area contributed by atoms with Crippen molar-refractivity contribution in [3.05, 3.63) is 75.5 Å². The molecule has 1 N–H and O–H groups in total. The molecule has 0 spiro atoms. The Morgan fingerprint density at radius 1 is 1.20 bits per heavy atom. The number of fused-ring (bicyclic) bond motifs is 1. The van der Waals surface area contributed by atoms with Gasteiger partial charge >= 0.3 is 0 Å². The van der Waals surface area contributed by atoms with E-state index in [9.17, 15) is 14.9 Å². The van der Waals surface area contributed by atoms with E-state index in [1.807, 2.05) is 31.2 Å². The van der Waals surface area contributed by atoms with Crippen LogP contribution in [0.15, 0.2) is 48.5 Å². The third-order valence-electron chi connectivity index (χ3n) is 4.71. The second kappa shape index (κ2) is 8.58. The summed E-state index contributed by atoms with van der Waals surface area (Å²) in [7, 11) is 0. The van der Waals surface area contributed by atoms with Crippen LogP contribution < -0.4 is 10.1 Å². The minimum Gasteiger partial charge on any atom is -0.494 e. The van der Waals surface area contributed by atoms with Crippen LogP contribution >= 0.6 is 11.8 Å². The van der Waals surface area contributed by atoms with Gasteiger partial charge in [0.25, 0.3) is 5.69 Å². The number of carbonyl (C=O) groups excluding carboxylic acids is 1.